The van der Waals surface area contributed by atoms with E-state index < -0.39 is 16.1 Å². The number of aliphatic hydroxyl groups is 1. The standard InChI is InChI=1S/C23H32N6O5S/c1-17-13-28(18(2)15-30)23(31)5-4-10-29-20(12-25-26-29)16-34-22(17)14-27(3)35(32,33)21-8-6-19(11-24)7-9-21/h6-9,12,17-18,22,30H,4-5,10,13-16H2,1-3H3/t17-,18+,22-/m1/s1. The number of ether oxygens (including phenoxy) is 1. The molecule has 2 heterocycles. The van der Waals surface area contributed by atoms with Crippen LogP contribution < -0.4 is 0 Å². The summed E-state index contributed by atoms with van der Waals surface area (Å²) in [7, 11) is -2.36. The van der Waals surface area contributed by atoms with Crippen LogP contribution in [0, 0.1) is 17.2 Å². The zero-order chi connectivity index (χ0) is 25.6. The van der Waals surface area contributed by atoms with Crippen molar-refractivity contribution < 1.29 is 23.1 Å². The van der Waals surface area contributed by atoms with E-state index in [-0.39, 0.29) is 42.5 Å². The zero-order valence-electron chi connectivity index (χ0n) is 20.2. The van der Waals surface area contributed by atoms with Gasteiger partial charge in [0.15, 0.2) is 0 Å². The molecular weight excluding hydrogens is 472 g/mol. The van der Waals surface area contributed by atoms with E-state index in [0.717, 1.165) is 5.69 Å². The fourth-order valence-corrected chi connectivity index (χ4v) is 5.16. The van der Waals surface area contributed by atoms with Crippen molar-refractivity contribution in [2.75, 3.05) is 26.7 Å². The topological polar surface area (TPSA) is 142 Å². The summed E-state index contributed by atoms with van der Waals surface area (Å²) in [6.45, 7) is 4.55. The van der Waals surface area contributed by atoms with E-state index >= 15 is 0 Å². The monoisotopic (exact) mass is 504 g/mol. The van der Waals surface area contributed by atoms with Gasteiger partial charge in [0.05, 0.1) is 53.8 Å². The van der Waals surface area contributed by atoms with E-state index in [1.165, 1.54) is 35.6 Å². The quantitative estimate of drug-likeness (QED) is 0.614. The second-order valence-corrected chi connectivity index (χ2v) is 10.9. The molecule has 0 saturated heterocycles. The number of nitrogens with zero attached hydrogens (tertiary/aromatic N) is 6. The number of hydrogen-bond donors (Lipinski definition) is 1. The Balaban J connectivity index is 1.86. The number of rotatable bonds is 6. The molecule has 2 aromatic rings. The van der Waals surface area contributed by atoms with Gasteiger partial charge in [0.1, 0.15) is 0 Å². The molecule has 1 amide bonds. The fraction of sp³-hybridized carbons (Fsp3) is 0.565. The summed E-state index contributed by atoms with van der Waals surface area (Å²) in [6, 6.07) is 7.33. The molecule has 1 aliphatic rings. The molecule has 0 saturated carbocycles. The van der Waals surface area contributed by atoms with Gasteiger partial charge in [0.25, 0.3) is 0 Å². The molecule has 35 heavy (non-hydrogen) atoms. The van der Waals surface area contributed by atoms with E-state index in [9.17, 15) is 18.3 Å². The van der Waals surface area contributed by atoms with Crippen LogP contribution in [0.3, 0.4) is 0 Å². The van der Waals surface area contributed by atoms with Crippen LogP contribution in [0.25, 0.3) is 0 Å². The molecule has 0 spiro atoms. The van der Waals surface area contributed by atoms with Gasteiger partial charge in [-0.15, -0.1) is 5.10 Å². The maximum atomic E-state index is 13.2. The van der Waals surface area contributed by atoms with Gasteiger partial charge in [-0.05, 0) is 37.6 Å². The van der Waals surface area contributed by atoms with E-state index in [4.69, 9.17) is 10.00 Å². The first kappa shape index (κ1) is 26.7. The van der Waals surface area contributed by atoms with E-state index in [1.54, 1.807) is 22.7 Å². The Morgan fingerprint density at radius 3 is 2.71 bits per heavy atom. The summed E-state index contributed by atoms with van der Waals surface area (Å²) in [5.41, 5.74) is 1.12. The lowest BCUT2D eigenvalue weighted by Crippen LogP contribution is -2.47. The second-order valence-electron chi connectivity index (χ2n) is 8.88. The average molecular weight is 505 g/mol. The van der Waals surface area contributed by atoms with Crippen molar-refractivity contribution in [3.8, 4) is 6.07 Å². The number of amides is 1. The number of aryl methyl sites for hydroxylation is 1. The Morgan fingerprint density at radius 1 is 1.34 bits per heavy atom. The Labute approximate surface area is 205 Å². The van der Waals surface area contributed by atoms with Gasteiger partial charge in [-0.3, -0.25) is 4.79 Å². The molecule has 0 unspecified atom stereocenters. The molecule has 190 valence electrons. The first-order valence-corrected chi connectivity index (χ1v) is 13.0. The molecule has 0 bridgehead atoms. The number of benzene rings is 1. The highest BCUT2D eigenvalue weighted by molar-refractivity contribution is 7.89. The van der Waals surface area contributed by atoms with Crippen molar-refractivity contribution >= 4 is 15.9 Å². The lowest BCUT2D eigenvalue weighted by molar-refractivity contribution is -0.136. The fourth-order valence-electron chi connectivity index (χ4n) is 3.98. The number of aliphatic hydroxyl groups excluding tert-OH is 1. The molecule has 0 aliphatic carbocycles. The van der Waals surface area contributed by atoms with Crippen LogP contribution in [0.4, 0.5) is 0 Å². The van der Waals surface area contributed by atoms with Crippen molar-refractivity contribution in [2.24, 2.45) is 5.92 Å². The number of carbonyl (C=O) groups excluding carboxylic acids is 1. The SMILES string of the molecule is C[C@@H]1CN([C@@H](C)CO)C(=O)CCCn2nncc2CO[C@@H]1CN(C)S(=O)(=O)c1ccc(C#N)cc1. The number of likely N-dealkylation sites (N-methyl/N-ethyl adjacent to an activating group) is 1. The van der Waals surface area contributed by atoms with Crippen molar-refractivity contribution in [3.63, 3.8) is 0 Å². The van der Waals surface area contributed by atoms with Crippen LogP contribution in [-0.2, 0) is 32.7 Å². The summed E-state index contributed by atoms with van der Waals surface area (Å²) in [5, 5.41) is 26.7. The lowest BCUT2D eigenvalue weighted by Gasteiger charge is -2.35. The molecule has 0 radical (unpaired) electrons. The van der Waals surface area contributed by atoms with Gasteiger partial charge in [-0.25, -0.2) is 13.1 Å². The van der Waals surface area contributed by atoms with Crippen LogP contribution in [0.1, 0.15) is 37.9 Å². The third-order valence-electron chi connectivity index (χ3n) is 6.27. The number of fused-ring (bicyclic) bond motifs is 1. The predicted molar refractivity (Wildman–Crippen MR) is 126 cm³/mol. The number of nitriles is 1. The molecule has 1 N–H and O–H groups in total. The average Bonchev–Trinajstić information content (AvgIpc) is 3.30. The summed E-state index contributed by atoms with van der Waals surface area (Å²) in [4.78, 5) is 14.7. The van der Waals surface area contributed by atoms with Gasteiger partial charge in [0.2, 0.25) is 15.9 Å². The third-order valence-corrected chi connectivity index (χ3v) is 8.11. The highest BCUT2D eigenvalue weighted by Gasteiger charge is 2.31. The maximum absolute atomic E-state index is 13.2. The molecule has 3 atom stereocenters. The zero-order valence-corrected chi connectivity index (χ0v) is 21.1. The number of aromatic nitrogens is 3. The Morgan fingerprint density at radius 2 is 2.06 bits per heavy atom. The Hall–Kier alpha value is -2.85. The Kier molecular flexibility index (Phi) is 8.96. The van der Waals surface area contributed by atoms with Crippen LogP contribution in [-0.4, -0.2) is 82.5 Å². The summed E-state index contributed by atoms with van der Waals surface area (Å²) >= 11 is 0. The van der Waals surface area contributed by atoms with Gasteiger partial charge >= 0.3 is 0 Å². The first-order chi connectivity index (χ1) is 16.7. The molecule has 11 nitrogen and oxygen atoms in total. The molecule has 3 rings (SSSR count). The van der Waals surface area contributed by atoms with Crippen molar-refractivity contribution in [3.05, 3.63) is 41.7 Å². The minimum Gasteiger partial charge on any atom is -0.394 e. The first-order valence-electron chi connectivity index (χ1n) is 11.5. The van der Waals surface area contributed by atoms with Crippen molar-refractivity contribution in [1.82, 2.24) is 24.2 Å². The van der Waals surface area contributed by atoms with Crippen LogP contribution >= 0.6 is 0 Å². The van der Waals surface area contributed by atoms with E-state index in [0.29, 0.717) is 31.5 Å². The molecule has 1 aromatic carbocycles. The number of sulfonamides is 1. The van der Waals surface area contributed by atoms with Crippen LogP contribution in [0.5, 0.6) is 0 Å². The van der Waals surface area contributed by atoms with E-state index in [2.05, 4.69) is 10.3 Å². The highest BCUT2D eigenvalue weighted by Crippen LogP contribution is 2.21. The van der Waals surface area contributed by atoms with Crippen LogP contribution in [0.2, 0.25) is 0 Å². The molecule has 1 aromatic heterocycles. The minimum atomic E-state index is -3.84. The highest BCUT2D eigenvalue weighted by atomic mass is 32.2. The third kappa shape index (κ3) is 6.43. The lowest BCUT2D eigenvalue weighted by atomic mass is 10.0. The maximum Gasteiger partial charge on any atom is 0.242 e. The molecule has 0 fully saturated rings. The summed E-state index contributed by atoms with van der Waals surface area (Å²) in [5.74, 6) is -0.326. The summed E-state index contributed by atoms with van der Waals surface area (Å²) < 4.78 is 35.5. The molecular formula is C23H32N6O5S. The van der Waals surface area contributed by atoms with Crippen LogP contribution in [0.15, 0.2) is 35.4 Å². The smallest absolute Gasteiger partial charge is 0.242 e. The van der Waals surface area contributed by atoms with Crippen molar-refractivity contribution in [1.29, 1.82) is 5.26 Å². The second kappa shape index (κ2) is 11.7. The van der Waals surface area contributed by atoms with Gasteiger partial charge in [-0.1, -0.05) is 12.1 Å². The number of hydrogen-bond acceptors (Lipinski definition) is 8. The number of carbonyl (C=O) groups is 1. The van der Waals surface area contributed by atoms with E-state index in [1.807, 2.05) is 13.0 Å². The van der Waals surface area contributed by atoms with Gasteiger partial charge in [-0.2, -0.15) is 9.57 Å². The summed E-state index contributed by atoms with van der Waals surface area (Å²) in [6.07, 6.45) is 1.92. The van der Waals surface area contributed by atoms with Gasteiger partial charge < -0.3 is 14.7 Å². The van der Waals surface area contributed by atoms with Crippen molar-refractivity contribution in [2.45, 2.75) is 56.9 Å². The minimum absolute atomic E-state index is 0.0423. The molecule has 1 aliphatic heterocycles. The predicted octanol–water partition coefficient (Wildman–Crippen LogP) is 0.995. The normalized spacial score (nSPS) is 21.0. The van der Waals surface area contributed by atoms with Gasteiger partial charge in [0, 0.05) is 39.0 Å². The molecule has 12 heteroatoms. The Bertz CT molecular complexity index is 1140. The largest absolute Gasteiger partial charge is 0.394 e.